The van der Waals surface area contributed by atoms with Gasteiger partial charge in [-0.05, 0) is 11.1 Å². The van der Waals surface area contributed by atoms with Gasteiger partial charge in [0.1, 0.15) is 0 Å². The van der Waals surface area contributed by atoms with Crippen molar-refractivity contribution in [3.63, 3.8) is 0 Å². The van der Waals surface area contributed by atoms with E-state index in [0.717, 1.165) is 0 Å². The van der Waals surface area contributed by atoms with Crippen LogP contribution in [0.15, 0.2) is 10.2 Å². The number of carbonyl (C=O) groups is 1. The van der Waals surface area contributed by atoms with Gasteiger partial charge in [-0.2, -0.15) is 0 Å². The molecule has 0 heterocycles. The van der Waals surface area contributed by atoms with E-state index in [2.05, 4.69) is 20.1 Å². The van der Waals surface area contributed by atoms with E-state index >= 15 is 0 Å². The Morgan fingerprint density at radius 3 is 2.00 bits per heavy atom. The lowest BCUT2D eigenvalue weighted by molar-refractivity contribution is -0.140. The quantitative estimate of drug-likeness (QED) is 0.378. The summed E-state index contributed by atoms with van der Waals surface area (Å²) in [6, 6.07) is 0. The summed E-state index contributed by atoms with van der Waals surface area (Å²) >= 11 is 0. The van der Waals surface area contributed by atoms with E-state index in [4.69, 9.17) is 16.2 Å². The average Bonchev–Trinajstić information content (AvgIpc) is 2.04. The third-order valence-corrected chi connectivity index (χ3v) is 1.08. The largest absolute Gasteiger partial charge is 0.481 e. The Labute approximate surface area is 67.1 Å². The smallest absolute Gasteiger partial charge is 0.306 e. The minimum absolute atomic E-state index is 0.204. The van der Waals surface area contributed by atoms with Gasteiger partial charge in [0, 0.05) is 22.9 Å². The molecule has 0 bridgehead atoms. The molecular formula is C4H6N6O2. The molecule has 0 aromatic carbocycles. The van der Waals surface area contributed by atoms with E-state index < -0.39 is 11.9 Å². The summed E-state index contributed by atoms with van der Waals surface area (Å²) in [5.74, 6) is -2.08. The molecule has 0 atom stereocenters. The Morgan fingerprint density at radius 2 is 1.75 bits per heavy atom. The van der Waals surface area contributed by atoms with Gasteiger partial charge in [-0.1, -0.05) is 10.2 Å². The minimum atomic E-state index is -1.14. The van der Waals surface area contributed by atoms with Gasteiger partial charge in [0.25, 0.3) is 0 Å². The number of azide groups is 2. The first-order valence-electron chi connectivity index (χ1n) is 2.97. The number of rotatable bonds is 5. The van der Waals surface area contributed by atoms with Gasteiger partial charge in [-0.15, -0.1) is 0 Å². The van der Waals surface area contributed by atoms with Gasteiger partial charge in [0.2, 0.25) is 0 Å². The van der Waals surface area contributed by atoms with Crippen LogP contribution in [0.1, 0.15) is 0 Å². The van der Waals surface area contributed by atoms with Crippen molar-refractivity contribution in [1.29, 1.82) is 0 Å². The lowest BCUT2D eigenvalue weighted by Gasteiger charge is -2.02. The first-order chi connectivity index (χ1) is 5.72. The maximum Gasteiger partial charge on any atom is 0.306 e. The lowest BCUT2D eigenvalue weighted by Crippen LogP contribution is -2.19. The van der Waals surface area contributed by atoms with Crippen LogP contribution in [0.25, 0.3) is 20.9 Å². The predicted molar refractivity (Wildman–Crippen MR) is 39.2 cm³/mol. The maximum atomic E-state index is 10.3. The monoisotopic (exact) mass is 170 g/mol. The molecule has 0 aromatic rings. The lowest BCUT2D eigenvalue weighted by atomic mass is 10.1. The molecule has 12 heavy (non-hydrogen) atoms. The zero-order valence-corrected chi connectivity index (χ0v) is 6.03. The third kappa shape index (κ3) is 3.99. The third-order valence-electron chi connectivity index (χ3n) is 1.08. The molecule has 0 aliphatic rings. The molecule has 0 spiro atoms. The molecule has 0 amide bonds. The summed E-state index contributed by atoms with van der Waals surface area (Å²) in [7, 11) is 0. The highest BCUT2D eigenvalue weighted by Crippen LogP contribution is 1.98. The van der Waals surface area contributed by atoms with Crippen LogP contribution >= 0.6 is 0 Å². The van der Waals surface area contributed by atoms with Gasteiger partial charge < -0.3 is 5.11 Å². The number of hydrogen-bond donors (Lipinski definition) is 1. The van der Waals surface area contributed by atoms with Crippen molar-refractivity contribution in [3.05, 3.63) is 20.9 Å². The van der Waals surface area contributed by atoms with E-state index in [9.17, 15) is 4.79 Å². The molecule has 0 aliphatic carbocycles. The predicted octanol–water partition coefficient (Wildman–Crippen LogP) is 1.31. The van der Waals surface area contributed by atoms with Gasteiger partial charge in [-0.3, -0.25) is 4.79 Å². The maximum absolute atomic E-state index is 10.3. The molecule has 1 N–H and O–H groups in total. The molecule has 8 nitrogen and oxygen atoms in total. The van der Waals surface area contributed by atoms with Gasteiger partial charge >= 0.3 is 5.97 Å². The normalized spacial score (nSPS) is 10.7. The average molecular weight is 170 g/mol. The molecule has 64 valence electrons. The number of carboxylic acid groups (broad SMARTS) is 1. The van der Waals surface area contributed by atoms with Crippen LogP contribution in [-0.4, -0.2) is 24.2 Å². The van der Waals surface area contributed by atoms with E-state index in [-0.39, 0.29) is 13.1 Å². The molecule has 0 radical (unpaired) electrons. The van der Waals surface area contributed by atoms with Crippen molar-refractivity contribution in [2.45, 2.75) is 0 Å². The van der Waals surface area contributed by atoms with E-state index in [1.54, 1.807) is 0 Å². The molecule has 8 heteroatoms. The number of aliphatic carboxylic acids is 1. The Kier molecular flexibility index (Phi) is 4.91. The minimum Gasteiger partial charge on any atom is -0.481 e. The van der Waals surface area contributed by atoms with Crippen molar-refractivity contribution < 1.29 is 9.90 Å². The summed E-state index contributed by atoms with van der Waals surface area (Å²) < 4.78 is 0. The highest BCUT2D eigenvalue weighted by atomic mass is 16.4. The van der Waals surface area contributed by atoms with Crippen molar-refractivity contribution in [3.8, 4) is 0 Å². The number of carboxylic acids is 1. The molecule has 0 unspecified atom stereocenters. The second kappa shape index (κ2) is 5.84. The molecule has 0 saturated carbocycles. The fourth-order valence-corrected chi connectivity index (χ4v) is 0.484. The van der Waals surface area contributed by atoms with Crippen LogP contribution < -0.4 is 0 Å². The van der Waals surface area contributed by atoms with Crippen molar-refractivity contribution in [2.24, 2.45) is 16.1 Å². The summed E-state index contributed by atoms with van der Waals surface area (Å²) in [6.45, 7) is -0.407. The molecule has 0 rings (SSSR count). The highest BCUT2D eigenvalue weighted by Gasteiger charge is 2.14. The fraction of sp³-hybridized carbons (Fsp3) is 0.750. The van der Waals surface area contributed by atoms with E-state index in [0.29, 0.717) is 0 Å². The summed E-state index contributed by atoms with van der Waals surface area (Å²) in [5, 5.41) is 14.6. The first kappa shape index (κ1) is 10.1. The van der Waals surface area contributed by atoms with Crippen LogP contribution in [0.2, 0.25) is 0 Å². The molecular weight excluding hydrogens is 164 g/mol. The molecule has 0 aliphatic heterocycles. The topological polar surface area (TPSA) is 135 Å². The van der Waals surface area contributed by atoms with Gasteiger partial charge in [-0.25, -0.2) is 0 Å². The second-order valence-corrected chi connectivity index (χ2v) is 1.86. The molecule has 0 fully saturated rings. The summed E-state index contributed by atoms with van der Waals surface area (Å²) in [6.07, 6.45) is 0. The standard InChI is InChI=1S/C4H6N6O2/c5-9-7-1-3(4(11)12)2-8-10-6/h3H,1-2H2,(H,11,12). The number of hydrogen-bond acceptors (Lipinski definition) is 3. The molecule has 0 aromatic heterocycles. The van der Waals surface area contributed by atoms with Crippen molar-refractivity contribution >= 4 is 5.97 Å². The Morgan fingerprint density at radius 1 is 1.33 bits per heavy atom. The highest BCUT2D eigenvalue weighted by molar-refractivity contribution is 5.70. The van der Waals surface area contributed by atoms with Crippen LogP contribution in [0, 0.1) is 5.92 Å². The van der Waals surface area contributed by atoms with Crippen molar-refractivity contribution in [1.82, 2.24) is 0 Å². The van der Waals surface area contributed by atoms with Crippen LogP contribution in [0.5, 0.6) is 0 Å². The van der Waals surface area contributed by atoms with Gasteiger partial charge in [0.15, 0.2) is 0 Å². The molecule has 0 saturated heterocycles. The Hall–Kier alpha value is -1.91. The second-order valence-electron chi connectivity index (χ2n) is 1.86. The van der Waals surface area contributed by atoms with Gasteiger partial charge in [0.05, 0.1) is 5.92 Å². The van der Waals surface area contributed by atoms with E-state index in [1.165, 1.54) is 0 Å². The zero-order chi connectivity index (χ0) is 9.40. The Bertz CT molecular complexity index is 230. The Balaban J connectivity index is 4.12. The zero-order valence-electron chi connectivity index (χ0n) is 6.03. The SMILES string of the molecule is [N-]=[N+]=NCC(CN=[N+]=[N-])C(=O)O. The van der Waals surface area contributed by atoms with Crippen LogP contribution in [0.4, 0.5) is 0 Å². The fourth-order valence-electron chi connectivity index (χ4n) is 0.484. The van der Waals surface area contributed by atoms with Crippen LogP contribution in [-0.2, 0) is 4.79 Å². The first-order valence-corrected chi connectivity index (χ1v) is 2.97. The summed E-state index contributed by atoms with van der Waals surface area (Å²) in [5.41, 5.74) is 15.8. The number of nitrogens with zero attached hydrogens (tertiary/aromatic N) is 6. The summed E-state index contributed by atoms with van der Waals surface area (Å²) in [4.78, 5) is 15.1. The van der Waals surface area contributed by atoms with Crippen LogP contribution in [0.3, 0.4) is 0 Å². The van der Waals surface area contributed by atoms with E-state index in [1.807, 2.05) is 0 Å². The van der Waals surface area contributed by atoms with Crippen molar-refractivity contribution in [2.75, 3.05) is 13.1 Å².